The number of hydrogen-bond donors (Lipinski definition) is 3. The third kappa shape index (κ3) is 3.10. The Bertz CT molecular complexity index is 220. The number of nitrogens with two attached hydrogens (primary N) is 2. The van der Waals surface area contributed by atoms with Crippen LogP contribution in [0.2, 0.25) is 0 Å². The maximum Gasteiger partial charge on any atom is 0.106 e. The zero-order valence-corrected chi connectivity index (χ0v) is 9.05. The molecule has 1 aliphatic carbocycles. The topological polar surface area (TPSA) is 76.4 Å². The molecule has 1 aliphatic rings. The van der Waals surface area contributed by atoms with Crippen LogP contribution in [0.25, 0.3) is 0 Å². The van der Waals surface area contributed by atoms with Gasteiger partial charge in [-0.1, -0.05) is 0 Å². The lowest BCUT2D eigenvalue weighted by atomic mass is 9.94. The molecule has 0 unspecified atom stereocenters. The average Bonchev–Trinajstić information content (AvgIpc) is 2.07. The number of hydrogen-bond acceptors (Lipinski definition) is 4. The van der Waals surface area contributed by atoms with E-state index in [-0.39, 0.29) is 0 Å². The van der Waals surface area contributed by atoms with Crippen LogP contribution >= 0.6 is 15.9 Å². The molecule has 0 aromatic rings. The molecule has 0 atom stereocenters. The maximum absolute atomic E-state index is 5.43. The molecule has 0 saturated heterocycles. The van der Waals surface area contributed by atoms with Crippen LogP contribution in [0.4, 0.5) is 0 Å². The van der Waals surface area contributed by atoms with Crippen LogP contribution in [0.3, 0.4) is 0 Å². The molecule has 0 radical (unpaired) electrons. The highest BCUT2D eigenvalue weighted by molar-refractivity contribution is 9.18. The van der Waals surface area contributed by atoms with Crippen molar-refractivity contribution < 1.29 is 0 Å². The van der Waals surface area contributed by atoms with Crippen LogP contribution in [-0.2, 0) is 0 Å². The molecular formula is C8H15BrN4. The van der Waals surface area contributed by atoms with Gasteiger partial charge in [0.2, 0.25) is 0 Å². The first-order valence-electron chi connectivity index (χ1n) is 4.36. The largest absolute Gasteiger partial charge is 0.404 e. The molecule has 0 spiro atoms. The van der Waals surface area contributed by atoms with Crippen molar-refractivity contribution in [2.45, 2.75) is 25.3 Å². The van der Waals surface area contributed by atoms with Crippen molar-refractivity contribution in [2.24, 2.45) is 16.6 Å². The standard InChI is InChI=1S/C8H15BrN4/c9-8(6(4-10)5-12-11)13-7-2-1-3-7/h4,7,12H,1-3,5,10-11H2. The minimum absolute atomic E-state index is 0.474. The Morgan fingerprint density at radius 2 is 2.31 bits per heavy atom. The van der Waals surface area contributed by atoms with E-state index >= 15 is 0 Å². The number of halogens is 1. The summed E-state index contributed by atoms with van der Waals surface area (Å²) in [6, 6.07) is 0.474. The highest BCUT2D eigenvalue weighted by atomic mass is 79.9. The van der Waals surface area contributed by atoms with Gasteiger partial charge in [0.1, 0.15) is 4.62 Å². The highest BCUT2D eigenvalue weighted by Gasteiger charge is 2.17. The number of nitrogens with zero attached hydrogens (tertiary/aromatic N) is 1. The quantitative estimate of drug-likeness (QED) is 0.387. The van der Waals surface area contributed by atoms with Crippen molar-refractivity contribution >= 4 is 20.6 Å². The van der Waals surface area contributed by atoms with Crippen molar-refractivity contribution in [2.75, 3.05) is 6.54 Å². The van der Waals surface area contributed by atoms with Gasteiger partial charge in [0, 0.05) is 18.3 Å². The van der Waals surface area contributed by atoms with Crippen LogP contribution in [-0.4, -0.2) is 17.2 Å². The fourth-order valence-corrected chi connectivity index (χ4v) is 1.63. The van der Waals surface area contributed by atoms with E-state index in [4.69, 9.17) is 11.6 Å². The molecule has 1 fully saturated rings. The molecule has 4 nitrogen and oxygen atoms in total. The van der Waals surface area contributed by atoms with E-state index in [1.807, 2.05) is 0 Å². The molecule has 5 N–H and O–H groups in total. The first-order chi connectivity index (χ1) is 6.27. The number of nitrogens with one attached hydrogen (secondary N) is 1. The van der Waals surface area contributed by atoms with Gasteiger partial charge in [-0.25, -0.2) is 0 Å². The van der Waals surface area contributed by atoms with Gasteiger partial charge < -0.3 is 5.73 Å². The SMILES string of the molecule is NC=C(CNN)C(Br)=NC1CCC1. The molecule has 1 rings (SSSR count). The van der Waals surface area contributed by atoms with Gasteiger partial charge in [-0.15, -0.1) is 0 Å². The third-order valence-corrected chi connectivity index (χ3v) is 2.84. The smallest absolute Gasteiger partial charge is 0.106 e. The van der Waals surface area contributed by atoms with Crippen molar-refractivity contribution in [3.63, 3.8) is 0 Å². The monoisotopic (exact) mass is 246 g/mol. The summed E-state index contributed by atoms with van der Waals surface area (Å²) in [6.07, 6.45) is 5.17. The van der Waals surface area contributed by atoms with E-state index in [0.29, 0.717) is 12.6 Å². The lowest BCUT2D eigenvalue weighted by molar-refractivity contribution is 0.421. The predicted octanol–water partition coefficient (Wildman–Crippen LogP) is 0.638. The van der Waals surface area contributed by atoms with Gasteiger partial charge in [-0.05, 0) is 35.2 Å². The Morgan fingerprint density at radius 1 is 1.62 bits per heavy atom. The minimum Gasteiger partial charge on any atom is -0.404 e. The number of rotatable bonds is 4. The van der Waals surface area contributed by atoms with Gasteiger partial charge in [-0.3, -0.25) is 16.3 Å². The van der Waals surface area contributed by atoms with E-state index in [0.717, 1.165) is 10.2 Å². The molecule has 0 aliphatic heterocycles. The van der Waals surface area contributed by atoms with Crippen LogP contribution < -0.4 is 17.0 Å². The Morgan fingerprint density at radius 3 is 2.69 bits per heavy atom. The summed E-state index contributed by atoms with van der Waals surface area (Å²) in [7, 11) is 0. The number of hydrazine groups is 1. The second-order valence-electron chi connectivity index (χ2n) is 3.08. The van der Waals surface area contributed by atoms with Crippen molar-refractivity contribution in [1.82, 2.24) is 5.43 Å². The van der Waals surface area contributed by atoms with E-state index in [9.17, 15) is 0 Å². The van der Waals surface area contributed by atoms with E-state index < -0.39 is 0 Å². The molecule has 0 aromatic heterocycles. The molecule has 0 bridgehead atoms. The highest BCUT2D eigenvalue weighted by Crippen LogP contribution is 2.23. The zero-order chi connectivity index (χ0) is 9.68. The first kappa shape index (κ1) is 10.7. The van der Waals surface area contributed by atoms with Crippen LogP contribution in [0.15, 0.2) is 16.8 Å². The van der Waals surface area contributed by atoms with Crippen molar-refractivity contribution in [3.05, 3.63) is 11.8 Å². The second-order valence-corrected chi connectivity index (χ2v) is 3.83. The van der Waals surface area contributed by atoms with Gasteiger partial charge >= 0.3 is 0 Å². The molecule has 1 saturated carbocycles. The average molecular weight is 247 g/mol. The predicted molar refractivity (Wildman–Crippen MR) is 58.5 cm³/mol. The normalized spacial score (nSPS) is 20.2. The molecule has 13 heavy (non-hydrogen) atoms. The Balaban J connectivity index is 2.51. The summed E-state index contributed by atoms with van der Waals surface area (Å²) in [5, 5.41) is 0. The fourth-order valence-electron chi connectivity index (χ4n) is 1.07. The van der Waals surface area contributed by atoms with Gasteiger partial charge in [0.15, 0.2) is 0 Å². The van der Waals surface area contributed by atoms with E-state index in [2.05, 4.69) is 26.3 Å². The molecule has 0 heterocycles. The van der Waals surface area contributed by atoms with E-state index in [1.54, 1.807) is 0 Å². The molecule has 5 heteroatoms. The Labute approximate surface area is 86.6 Å². The Kier molecular flexibility index (Phi) is 4.41. The minimum atomic E-state index is 0.474. The summed E-state index contributed by atoms with van der Waals surface area (Å²) < 4.78 is 0.817. The van der Waals surface area contributed by atoms with Gasteiger partial charge in [0.25, 0.3) is 0 Å². The van der Waals surface area contributed by atoms with Crippen LogP contribution in [0.1, 0.15) is 19.3 Å². The molecule has 0 aromatic carbocycles. The van der Waals surface area contributed by atoms with Crippen molar-refractivity contribution in [1.29, 1.82) is 0 Å². The molecule has 74 valence electrons. The van der Waals surface area contributed by atoms with Crippen LogP contribution in [0.5, 0.6) is 0 Å². The zero-order valence-electron chi connectivity index (χ0n) is 7.46. The molecular weight excluding hydrogens is 232 g/mol. The lowest BCUT2D eigenvalue weighted by Gasteiger charge is -2.21. The Hall–Kier alpha value is -0.390. The first-order valence-corrected chi connectivity index (χ1v) is 5.15. The van der Waals surface area contributed by atoms with Crippen LogP contribution in [0, 0.1) is 0 Å². The summed E-state index contributed by atoms with van der Waals surface area (Å²) in [6.45, 7) is 0.535. The lowest BCUT2D eigenvalue weighted by Crippen LogP contribution is -2.27. The third-order valence-electron chi connectivity index (χ3n) is 2.13. The second kappa shape index (κ2) is 5.36. The summed E-state index contributed by atoms with van der Waals surface area (Å²) in [5.74, 6) is 5.20. The van der Waals surface area contributed by atoms with Crippen molar-refractivity contribution in [3.8, 4) is 0 Å². The summed E-state index contributed by atoms with van der Waals surface area (Å²) >= 11 is 3.39. The van der Waals surface area contributed by atoms with Gasteiger partial charge in [0.05, 0.1) is 6.04 Å². The number of aliphatic imine (C=N–C) groups is 1. The fraction of sp³-hybridized carbons (Fsp3) is 0.625. The summed E-state index contributed by atoms with van der Waals surface area (Å²) in [5.41, 5.74) is 8.87. The van der Waals surface area contributed by atoms with E-state index in [1.165, 1.54) is 25.5 Å². The molecule has 0 amide bonds. The summed E-state index contributed by atoms with van der Waals surface area (Å²) in [4.78, 5) is 4.46. The maximum atomic E-state index is 5.43. The van der Waals surface area contributed by atoms with Gasteiger partial charge in [-0.2, -0.15) is 0 Å².